The number of aryl methyl sites for hydroxylation is 1. The van der Waals surface area contributed by atoms with Crippen molar-refractivity contribution in [2.75, 3.05) is 6.54 Å². The summed E-state index contributed by atoms with van der Waals surface area (Å²) in [5.41, 5.74) is 9.99. The maximum Gasteiger partial charge on any atom is 0.0337 e. The predicted octanol–water partition coefficient (Wildman–Crippen LogP) is 2.50. The van der Waals surface area contributed by atoms with Gasteiger partial charge in [-0.1, -0.05) is 6.92 Å². The second-order valence-electron chi connectivity index (χ2n) is 4.56. The molecule has 2 N–H and O–H groups in total. The zero-order valence-electron chi connectivity index (χ0n) is 9.38. The number of nitrogens with zero attached hydrogens (tertiary/aromatic N) is 1. The molecule has 78 valence electrons. The highest BCUT2D eigenvalue weighted by molar-refractivity contribution is 5.31. The molecule has 1 aliphatic rings. The Kier molecular flexibility index (Phi) is 2.40. The van der Waals surface area contributed by atoms with Gasteiger partial charge < -0.3 is 10.3 Å². The van der Waals surface area contributed by atoms with Crippen molar-refractivity contribution >= 4 is 0 Å². The van der Waals surface area contributed by atoms with E-state index in [0.29, 0.717) is 5.92 Å². The molecule has 1 heterocycles. The van der Waals surface area contributed by atoms with Gasteiger partial charge in [-0.05, 0) is 50.8 Å². The fraction of sp³-hybridized carbons (Fsp3) is 0.667. The second kappa shape index (κ2) is 3.43. The van der Waals surface area contributed by atoms with Crippen LogP contribution in [0.2, 0.25) is 0 Å². The Labute approximate surface area is 86.1 Å². The van der Waals surface area contributed by atoms with Crippen molar-refractivity contribution in [3.63, 3.8) is 0 Å². The van der Waals surface area contributed by atoms with Crippen molar-refractivity contribution in [2.45, 2.75) is 45.6 Å². The van der Waals surface area contributed by atoms with Crippen molar-refractivity contribution in [1.82, 2.24) is 4.57 Å². The quantitative estimate of drug-likeness (QED) is 0.783. The summed E-state index contributed by atoms with van der Waals surface area (Å²) in [5, 5.41) is 0. The third-order valence-electron chi connectivity index (χ3n) is 3.32. The first-order chi connectivity index (χ1) is 6.65. The molecule has 14 heavy (non-hydrogen) atoms. The molecule has 2 heteroatoms. The van der Waals surface area contributed by atoms with Gasteiger partial charge in [-0.15, -0.1) is 0 Å². The van der Waals surface area contributed by atoms with Gasteiger partial charge in [0.15, 0.2) is 0 Å². The molecule has 1 atom stereocenters. The summed E-state index contributed by atoms with van der Waals surface area (Å²) in [6.07, 6.45) is 2.71. The molecule has 1 aromatic rings. The van der Waals surface area contributed by atoms with Crippen LogP contribution in [0.5, 0.6) is 0 Å². The molecule has 1 aromatic heterocycles. The minimum Gasteiger partial charge on any atom is -0.346 e. The molecular formula is C12H20N2. The molecule has 2 rings (SSSR count). The molecule has 0 amide bonds. The molecular weight excluding hydrogens is 172 g/mol. The third kappa shape index (κ3) is 1.48. The lowest BCUT2D eigenvalue weighted by Gasteiger charge is -2.10. The summed E-state index contributed by atoms with van der Waals surface area (Å²) in [7, 11) is 0. The van der Waals surface area contributed by atoms with Crippen molar-refractivity contribution in [1.29, 1.82) is 0 Å². The van der Waals surface area contributed by atoms with Crippen LogP contribution in [0.4, 0.5) is 0 Å². The lowest BCUT2D eigenvalue weighted by Crippen LogP contribution is -2.10. The van der Waals surface area contributed by atoms with E-state index in [-0.39, 0.29) is 0 Å². The maximum absolute atomic E-state index is 5.71. The number of aromatic nitrogens is 1. The van der Waals surface area contributed by atoms with Crippen molar-refractivity contribution in [3.8, 4) is 0 Å². The Balaban J connectivity index is 2.38. The van der Waals surface area contributed by atoms with E-state index in [4.69, 9.17) is 5.73 Å². The number of rotatable bonds is 3. The first kappa shape index (κ1) is 9.78. The van der Waals surface area contributed by atoms with Gasteiger partial charge in [0, 0.05) is 17.4 Å². The summed E-state index contributed by atoms with van der Waals surface area (Å²) in [6, 6.07) is 3.10. The van der Waals surface area contributed by atoms with E-state index in [9.17, 15) is 0 Å². The van der Waals surface area contributed by atoms with E-state index < -0.39 is 0 Å². The van der Waals surface area contributed by atoms with E-state index in [1.807, 2.05) is 0 Å². The monoisotopic (exact) mass is 192 g/mol. The van der Waals surface area contributed by atoms with Gasteiger partial charge in [0.1, 0.15) is 0 Å². The Bertz CT molecular complexity index is 334. The molecule has 0 radical (unpaired) electrons. The van der Waals surface area contributed by atoms with Crippen LogP contribution in [0.3, 0.4) is 0 Å². The third-order valence-corrected chi connectivity index (χ3v) is 3.32. The highest BCUT2D eigenvalue weighted by Crippen LogP contribution is 2.39. The van der Waals surface area contributed by atoms with E-state index in [1.165, 1.54) is 29.8 Å². The normalized spacial score (nSPS) is 18.6. The fourth-order valence-corrected chi connectivity index (χ4v) is 2.32. The van der Waals surface area contributed by atoms with Crippen LogP contribution in [0, 0.1) is 13.8 Å². The summed E-state index contributed by atoms with van der Waals surface area (Å²) < 4.78 is 2.49. The lowest BCUT2D eigenvalue weighted by molar-refractivity contribution is 0.685. The van der Waals surface area contributed by atoms with Crippen molar-refractivity contribution in [2.24, 2.45) is 5.73 Å². The summed E-state index contributed by atoms with van der Waals surface area (Å²) >= 11 is 0. The van der Waals surface area contributed by atoms with Crippen LogP contribution >= 0.6 is 0 Å². The van der Waals surface area contributed by atoms with Crippen molar-refractivity contribution < 1.29 is 0 Å². The molecule has 0 aromatic carbocycles. The fourth-order valence-electron chi connectivity index (χ4n) is 2.32. The van der Waals surface area contributed by atoms with Gasteiger partial charge in [-0.3, -0.25) is 0 Å². The second-order valence-corrected chi connectivity index (χ2v) is 4.56. The largest absolute Gasteiger partial charge is 0.346 e. The molecule has 0 bridgehead atoms. The van der Waals surface area contributed by atoms with E-state index in [1.54, 1.807) is 0 Å². The Hall–Kier alpha value is -0.760. The predicted molar refractivity (Wildman–Crippen MR) is 59.6 cm³/mol. The number of hydrogen-bond donors (Lipinski definition) is 1. The first-order valence-electron chi connectivity index (χ1n) is 5.53. The average Bonchev–Trinajstić information content (AvgIpc) is 2.93. The highest BCUT2D eigenvalue weighted by atomic mass is 15.1. The summed E-state index contributed by atoms with van der Waals surface area (Å²) in [6.45, 7) is 7.39. The first-order valence-corrected chi connectivity index (χ1v) is 5.53. The molecule has 2 nitrogen and oxygen atoms in total. The van der Waals surface area contributed by atoms with Gasteiger partial charge in [0.2, 0.25) is 0 Å². The maximum atomic E-state index is 5.71. The van der Waals surface area contributed by atoms with Crippen LogP contribution in [0.1, 0.15) is 48.7 Å². The van der Waals surface area contributed by atoms with E-state index in [2.05, 4.69) is 31.4 Å². The number of nitrogens with two attached hydrogens (primary N) is 1. The van der Waals surface area contributed by atoms with Gasteiger partial charge in [-0.25, -0.2) is 0 Å². The minimum atomic E-state index is 0.494. The summed E-state index contributed by atoms with van der Waals surface area (Å²) in [4.78, 5) is 0. The Morgan fingerprint density at radius 2 is 2.14 bits per heavy atom. The Morgan fingerprint density at radius 1 is 1.50 bits per heavy atom. The van der Waals surface area contributed by atoms with Crippen LogP contribution in [-0.4, -0.2) is 11.1 Å². The zero-order chi connectivity index (χ0) is 10.3. The van der Waals surface area contributed by atoms with Gasteiger partial charge in [-0.2, -0.15) is 0 Å². The van der Waals surface area contributed by atoms with Crippen LogP contribution in [-0.2, 0) is 0 Å². The molecule has 0 saturated heterocycles. The van der Waals surface area contributed by atoms with E-state index in [0.717, 1.165) is 12.6 Å². The standard InChI is InChI=1S/C12H20N2/c1-8(7-13)12-6-9(2)14(10(12)3)11-4-5-11/h6,8,11H,4-5,7,13H2,1-3H3. The molecule has 1 saturated carbocycles. The van der Waals surface area contributed by atoms with Gasteiger partial charge >= 0.3 is 0 Å². The topological polar surface area (TPSA) is 30.9 Å². The molecule has 0 aliphatic heterocycles. The highest BCUT2D eigenvalue weighted by Gasteiger charge is 2.27. The van der Waals surface area contributed by atoms with Crippen LogP contribution in [0.15, 0.2) is 6.07 Å². The molecule has 0 spiro atoms. The Morgan fingerprint density at radius 3 is 2.64 bits per heavy atom. The minimum absolute atomic E-state index is 0.494. The van der Waals surface area contributed by atoms with Crippen LogP contribution in [0.25, 0.3) is 0 Å². The van der Waals surface area contributed by atoms with Crippen molar-refractivity contribution in [3.05, 3.63) is 23.0 Å². The zero-order valence-corrected chi connectivity index (χ0v) is 9.38. The summed E-state index contributed by atoms with van der Waals surface area (Å²) in [5.74, 6) is 0.494. The molecule has 1 fully saturated rings. The molecule has 1 aliphatic carbocycles. The van der Waals surface area contributed by atoms with Gasteiger partial charge in [0.25, 0.3) is 0 Å². The SMILES string of the molecule is Cc1cc(C(C)CN)c(C)n1C1CC1. The van der Waals surface area contributed by atoms with Gasteiger partial charge in [0.05, 0.1) is 0 Å². The van der Waals surface area contributed by atoms with E-state index >= 15 is 0 Å². The number of hydrogen-bond acceptors (Lipinski definition) is 1. The lowest BCUT2D eigenvalue weighted by atomic mass is 10.0. The van der Waals surface area contributed by atoms with Crippen LogP contribution < -0.4 is 5.73 Å². The molecule has 1 unspecified atom stereocenters. The average molecular weight is 192 g/mol. The smallest absolute Gasteiger partial charge is 0.0337 e.